The van der Waals surface area contributed by atoms with Crippen molar-refractivity contribution in [1.82, 2.24) is 14.9 Å². The summed E-state index contributed by atoms with van der Waals surface area (Å²) in [5.74, 6) is 0.983. The molecule has 0 spiro atoms. The zero-order valence-electron chi connectivity index (χ0n) is 11.7. The number of fused-ring (bicyclic) bond motifs is 1. The Kier molecular flexibility index (Phi) is 3.87. The van der Waals surface area contributed by atoms with Gasteiger partial charge in [-0.3, -0.25) is 9.69 Å². The molecule has 1 aromatic heterocycles. The van der Waals surface area contributed by atoms with Crippen LogP contribution >= 0.6 is 0 Å². The van der Waals surface area contributed by atoms with Crippen LogP contribution in [0.5, 0.6) is 0 Å². The van der Waals surface area contributed by atoms with Crippen LogP contribution in [0.25, 0.3) is 0 Å². The van der Waals surface area contributed by atoms with Crippen molar-refractivity contribution in [3.8, 4) is 0 Å². The summed E-state index contributed by atoms with van der Waals surface area (Å²) in [6.07, 6.45) is 2.10. The Morgan fingerprint density at radius 3 is 3.15 bits per heavy atom. The lowest BCUT2D eigenvalue weighted by molar-refractivity contribution is -0.0594. The van der Waals surface area contributed by atoms with E-state index in [2.05, 4.69) is 14.9 Å². The maximum Gasteiger partial charge on any atom is 0.251 e. The number of morpholine rings is 1. The Hall–Kier alpha value is -1.24. The predicted molar refractivity (Wildman–Crippen MR) is 73.3 cm³/mol. The summed E-state index contributed by atoms with van der Waals surface area (Å²) in [6.45, 7) is 4.26. The van der Waals surface area contributed by atoms with Gasteiger partial charge >= 0.3 is 0 Å². The van der Waals surface area contributed by atoms with Gasteiger partial charge in [-0.2, -0.15) is 0 Å². The minimum atomic E-state index is -0.100. The number of aliphatic hydroxyl groups is 1. The number of hydrogen-bond donors (Lipinski definition) is 2. The molecule has 20 heavy (non-hydrogen) atoms. The van der Waals surface area contributed by atoms with Crippen LogP contribution in [-0.4, -0.2) is 51.9 Å². The first-order chi connectivity index (χ1) is 9.65. The first-order valence-electron chi connectivity index (χ1n) is 7.19. The van der Waals surface area contributed by atoms with Gasteiger partial charge in [-0.15, -0.1) is 0 Å². The number of aromatic amines is 1. The fourth-order valence-corrected chi connectivity index (χ4v) is 3.40. The van der Waals surface area contributed by atoms with Crippen LogP contribution in [0.15, 0.2) is 10.9 Å². The molecule has 110 valence electrons. The molecule has 1 aromatic rings. The predicted octanol–water partition coefficient (Wildman–Crippen LogP) is 0.0500. The van der Waals surface area contributed by atoms with E-state index in [1.165, 1.54) is 0 Å². The van der Waals surface area contributed by atoms with Crippen LogP contribution in [-0.2, 0) is 11.3 Å². The van der Waals surface area contributed by atoms with Crippen molar-refractivity contribution in [3.63, 3.8) is 0 Å². The number of nitrogens with zero attached hydrogens (tertiary/aromatic N) is 2. The van der Waals surface area contributed by atoms with Crippen LogP contribution in [0, 0.1) is 12.8 Å². The molecule has 2 N–H and O–H groups in total. The van der Waals surface area contributed by atoms with Gasteiger partial charge in [0.05, 0.1) is 18.4 Å². The highest BCUT2D eigenvalue weighted by molar-refractivity contribution is 5.04. The quantitative estimate of drug-likeness (QED) is 0.817. The van der Waals surface area contributed by atoms with Crippen molar-refractivity contribution in [1.29, 1.82) is 0 Å². The molecule has 2 fully saturated rings. The summed E-state index contributed by atoms with van der Waals surface area (Å²) in [5, 5.41) is 9.33. The topological polar surface area (TPSA) is 78.5 Å². The number of aromatic nitrogens is 2. The molecular weight excluding hydrogens is 258 g/mol. The SMILES string of the molecule is Cc1nc(CN2CCOC3C[C@H](CO)C[C@@H]32)cc(=O)[nH]1. The summed E-state index contributed by atoms with van der Waals surface area (Å²) >= 11 is 0. The van der Waals surface area contributed by atoms with Crippen molar-refractivity contribution >= 4 is 0 Å². The molecule has 1 aliphatic heterocycles. The van der Waals surface area contributed by atoms with E-state index in [1.807, 2.05) is 0 Å². The van der Waals surface area contributed by atoms with Gasteiger partial charge in [-0.05, 0) is 25.7 Å². The zero-order valence-corrected chi connectivity index (χ0v) is 11.7. The van der Waals surface area contributed by atoms with Crippen molar-refractivity contribution in [2.75, 3.05) is 19.8 Å². The number of nitrogens with one attached hydrogen (secondary N) is 1. The van der Waals surface area contributed by atoms with Crippen LogP contribution in [0.3, 0.4) is 0 Å². The molecule has 1 saturated carbocycles. The van der Waals surface area contributed by atoms with Crippen molar-refractivity contribution in [2.45, 2.75) is 38.5 Å². The Morgan fingerprint density at radius 2 is 2.40 bits per heavy atom. The molecule has 1 unspecified atom stereocenters. The molecule has 6 heteroatoms. The van der Waals surface area contributed by atoms with E-state index >= 15 is 0 Å². The van der Waals surface area contributed by atoms with E-state index in [0.29, 0.717) is 30.9 Å². The van der Waals surface area contributed by atoms with E-state index in [1.54, 1.807) is 13.0 Å². The molecule has 2 aliphatic rings. The molecule has 3 rings (SSSR count). The lowest BCUT2D eigenvalue weighted by Gasteiger charge is -2.37. The summed E-state index contributed by atoms with van der Waals surface area (Å²) < 4.78 is 5.81. The van der Waals surface area contributed by atoms with E-state index in [9.17, 15) is 9.90 Å². The smallest absolute Gasteiger partial charge is 0.251 e. The number of rotatable bonds is 3. The molecule has 0 amide bonds. The summed E-state index contributed by atoms with van der Waals surface area (Å²) in [5.41, 5.74) is 0.705. The number of ether oxygens (including phenoxy) is 1. The molecular formula is C14H21N3O3. The second-order valence-corrected chi connectivity index (χ2v) is 5.79. The van der Waals surface area contributed by atoms with E-state index in [-0.39, 0.29) is 18.3 Å². The number of aliphatic hydroxyl groups excluding tert-OH is 1. The Labute approximate surface area is 117 Å². The van der Waals surface area contributed by atoms with Crippen LogP contribution < -0.4 is 5.56 Å². The fourth-order valence-electron chi connectivity index (χ4n) is 3.40. The monoisotopic (exact) mass is 279 g/mol. The third kappa shape index (κ3) is 2.77. The zero-order chi connectivity index (χ0) is 14.1. The van der Waals surface area contributed by atoms with Crippen molar-refractivity contribution in [3.05, 3.63) is 27.9 Å². The summed E-state index contributed by atoms with van der Waals surface area (Å²) in [4.78, 5) is 20.9. The van der Waals surface area contributed by atoms with Gasteiger partial charge in [0.1, 0.15) is 5.82 Å². The Bertz CT molecular complexity index is 531. The highest BCUT2D eigenvalue weighted by Gasteiger charge is 2.40. The third-order valence-electron chi connectivity index (χ3n) is 4.29. The lowest BCUT2D eigenvalue weighted by Crippen LogP contribution is -2.48. The molecule has 6 nitrogen and oxygen atoms in total. The van der Waals surface area contributed by atoms with Crippen LogP contribution in [0.4, 0.5) is 0 Å². The highest BCUT2D eigenvalue weighted by Crippen LogP contribution is 2.34. The van der Waals surface area contributed by atoms with E-state index in [4.69, 9.17) is 4.74 Å². The third-order valence-corrected chi connectivity index (χ3v) is 4.29. The minimum absolute atomic E-state index is 0.100. The van der Waals surface area contributed by atoms with Gasteiger partial charge in [0, 0.05) is 31.8 Å². The molecule has 1 aliphatic carbocycles. The normalized spacial score (nSPS) is 30.4. The second-order valence-electron chi connectivity index (χ2n) is 5.79. The van der Waals surface area contributed by atoms with E-state index in [0.717, 1.165) is 25.1 Å². The first-order valence-corrected chi connectivity index (χ1v) is 7.19. The summed E-state index contributed by atoms with van der Waals surface area (Å²) in [7, 11) is 0. The molecule has 0 bridgehead atoms. The number of hydrogen-bond acceptors (Lipinski definition) is 5. The van der Waals surface area contributed by atoms with Gasteiger partial charge in [0.15, 0.2) is 0 Å². The van der Waals surface area contributed by atoms with Gasteiger partial charge in [-0.25, -0.2) is 4.98 Å². The molecule has 2 heterocycles. The Morgan fingerprint density at radius 1 is 1.55 bits per heavy atom. The van der Waals surface area contributed by atoms with Crippen molar-refractivity contribution in [2.24, 2.45) is 5.92 Å². The van der Waals surface area contributed by atoms with Gasteiger partial charge in [-0.1, -0.05) is 0 Å². The molecule has 0 radical (unpaired) electrons. The Balaban J connectivity index is 1.74. The molecule has 1 saturated heterocycles. The second kappa shape index (κ2) is 5.63. The maximum absolute atomic E-state index is 11.5. The van der Waals surface area contributed by atoms with Crippen LogP contribution in [0.2, 0.25) is 0 Å². The van der Waals surface area contributed by atoms with Crippen LogP contribution in [0.1, 0.15) is 24.4 Å². The standard InChI is InChI=1S/C14H21N3O3/c1-9-15-11(6-14(19)16-9)7-17-2-3-20-13-5-10(8-18)4-12(13)17/h6,10,12-13,18H,2-5,7-8H2,1H3,(H,15,16,19)/t10-,12+,13?/m1/s1. The number of aryl methyl sites for hydroxylation is 1. The van der Waals surface area contributed by atoms with Gasteiger partial charge in [0.2, 0.25) is 0 Å². The summed E-state index contributed by atoms with van der Waals surface area (Å²) in [6, 6.07) is 1.90. The van der Waals surface area contributed by atoms with Gasteiger partial charge in [0.25, 0.3) is 5.56 Å². The van der Waals surface area contributed by atoms with E-state index < -0.39 is 0 Å². The number of H-pyrrole nitrogens is 1. The minimum Gasteiger partial charge on any atom is -0.396 e. The molecule has 0 aromatic carbocycles. The highest BCUT2D eigenvalue weighted by atomic mass is 16.5. The lowest BCUT2D eigenvalue weighted by atomic mass is 10.1. The van der Waals surface area contributed by atoms with Gasteiger partial charge < -0.3 is 14.8 Å². The first kappa shape index (κ1) is 13.7. The fraction of sp³-hybridized carbons (Fsp3) is 0.714. The average molecular weight is 279 g/mol. The largest absolute Gasteiger partial charge is 0.396 e. The average Bonchev–Trinajstić information content (AvgIpc) is 2.81. The molecule has 3 atom stereocenters. The maximum atomic E-state index is 11.5. The van der Waals surface area contributed by atoms with Crippen molar-refractivity contribution < 1.29 is 9.84 Å².